The van der Waals surface area contributed by atoms with Crippen molar-refractivity contribution in [3.63, 3.8) is 0 Å². The number of hydrogen-bond donors (Lipinski definition) is 1. The quantitative estimate of drug-likeness (QED) is 0.856. The number of halogens is 1. The molecule has 1 aliphatic rings. The molecule has 0 radical (unpaired) electrons. The van der Waals surface area contributed by atoms with E-state index in [0.29, 0.717) is 10.3 Å². The van der Waals surface area contributed by atoms with E-state index >= 15 is 0 Å². The van der Waals surface area contributed by atoms with E-state index in [9.17, 15) is 5.26 Å². The van der Waals surface area contributed by atoms with Crippen LogP contribution in [0, 0.1) is 11.3 Å². The van der Waals surface area contributed by atoms with Crippen LogP contribution in [-0.4, -0.2) is 17.5 Å². The third-order valence-electron chi connectivity index (χ3n) is 3.92. The SMILES string of the molecule is CSC1(CNc2cccc(Br)c2C#N)CCCCC1. The van der Waals surface area contributed by atoms with E-state index in [1.807, 2.05) is 30.0 Å². The first kappa shape index (κ1) is 14.7. The number of nitrogens with one attached hydrogen (secondary N) is 1. The predicted octanol–water partition coefficient (Wildman–Crippen LogP) is 4.80. The lowest BCUT2D eigenvalue weighted by Crippen LogP contribution is -2.35. The van der Waals surface area contributed by atoms with Crippen LogP contribution in [0.4, 0.5) is 5.69 Å². The molecule has 1 aliphatic carbocycles. The highest BCUT2D eigenvalue weighted by atomic mass is 79.9. The lowest BCUT2D eigenvalue weighted by atomic mass is 9.88. The monoisotopic (exact) mass is 338 g/mol. The molecule has 1 fully saturated rings. The van der Waals surface area contributed by atoms with Crippen molar-refractivity contribution in [2.45, 2.75) is 36.9 Å². The Labute approximate surface area is 128 Å². The van der Waals surface area contributed by atoms with E-state index in [4.69, 9.17) is 0 Å². The minimum atomic E-state index is 0.341. The summed E-state index contributed by atoms with van der Waals surface area (Å²) in [7, 11) is 0. The van der Waals surface area contributed by atoms with Gasteiger partial charge in [0.15, 0.2) is 0 Å². The molecule has 0 heterocycles. The van der Waals surface area contributed by atoms with E-state index in [0.717, 1.165) is 16.7 Å². The van der Waals surface area contributed by atoms with Gasteiger partial charge in [-0.1, -0.05) is 25.3 Å². The summed E-state index contributed by atoms with van der Waals surface area (Å²) in [5.41, 5.74) is 1.64. The highest BCUT2D eigenvalue weighted by Gasteiger charge is 2.31. The number of nitriles is 1. The zero-order valence-electron chi connectivity index (χ0n) is 11.2. The van der Waals surface area contributed by atoms with E-state index in [-0.39, 0.29) is 0 Å². The Hall–Kier alpha value is -0.660. The Morgan fingerprint density at radius 2 is 2.11 bits per heavy atom. The van der Waals surface area contributed by atoms with Crippen molar-refractivity contribution in [2.24, 2.45) is 0 Å². The number of anilines is 1. The molecule has 2 nitrogen and oxygen atoms in total. The van der Waals surface area contributed by atoms with E-state index in [1.54, 1.807) is 0 Å². The average molecular weight is 339 g/mol. The molecule has 1 saturated carbocycles. The fourth-order valence-electron chi connectivity index (χ4n) is 2.69. The summed E-state index contributed by atoms with van der Waals surface area (Å²) in [6.45, 7) is 0.944. The molecule has 1 N–H and O–H groups in total. The molecule has 1 aromatic rings. The van der Waals surface area contributed by atoms with Crippen molar-refractivity contribution in [2.75, 3.05) is 18.1 Å². The van der Waals surface area contributed by atoms with Crippen LogP contribution in [0.15, 0.2) is 22.7 Å². The van der Waals surface area contributed by atoms with Gasteiger partial charge in [0.2, 0.25) is 0 Å². The molecule has 19 heavy (non-hydrogen) atoms. The van der Waals surface area contributed by atoms with Crippen molar-refractivity contribution in [3.05, 3.63) is 28.2 Å². The zero-order valence-corrected chi connectivity index (χ0v) is 13.6. The van der Waals surface area contributed by atoms with E-state index in [2.05, 4.69) is 33.6 Å². The van der Waals surface area contributed by atoms with Crippen LogP contribution in [0.3, 0.4) is 0 Å². The van der Waals surface area contributed by atoms with Crippen molar-refractivity contribution >= 4 is 33.4 Å². The molecular weight excluding hydrogens is 320 g/mol. The smallest absolute Gasteiger partial charge is 0.103 e. The van der Waals surface area contributed by atoms with Gasteiger partial charge in [-0.25, -0.2) is 0 Å². The number of rotatable bonds is 4. The van der Waals surface area contributed by atoms with Gasteiger partial charge in [-0.2, -0.15) is 17.0 Å². The Bertz CT molecular complexity index is 476. The molecule has 0 aromatic heterocycles. The Morgan fingerprint density at radius 1 is 1.37 bits per heavy atom. The number of hydrogen-bond acceptors (Lipinski definition) is 3. The van der Waals surface area contributed by atoms with Crippen LogP contribution < -0.4 is 5.32 Å². The molecule has 0 spiro atoms. The van der Waals surface area contributed by atoms with E-state index < -0.39 is 0 Å². The standard InChI is InChI=1S/C15H19BrN2S/c1-19-15(8-3-2-4-9-15)11-18-14-7-5-6-13(16)12(14)10-17/h5-7,18H,2-4,8-9,11H2,1H3. The maximum absolute atomic E-state index is 9.23. The fourth-order valence-corrected chi connectivity index (χ4v) is 4.06. The predicted molar refractivity (Wildman–Crippen MR) is 86.7 cm³/mol. The largest absolute Gasteiger partial charge is 0.383 e. The molecule has 0 atom stereocenters. The third kappa shape index (κ3) is 3.46. The van der Waals surface area contributed by atoms with Gasteiger partial charge < -0.3 is 5.32 Å². The summed E-state index contributed by atoms with van der Waals surface area (Å²) in [4.78, 5) is 0. The lowest BCUT2D eigenvalue weighted by molar-refractivity contribution is 0.411. The molecule has 0 saturated heterocycles. The first-order valence-corrected chi connectivity index (χ1v) is 8.70. The molecule has 0 unspecified atom stereocenters. The second-order valence-corrected chi connectivity index (χ2v) is 7.20. The Morgan fingerprint density at radius 3 is 2.74 bits per heavy atom. The van der Waals surface area contributed by atoms with Crippen molar-refractivity contribution in [1.82, 2.24) is 0 Å². The average Bonchev–Trinajstić information content (AvgIpc) is 2.46. The molecule has 0 amide bonds. The van der Waals surface area contributed by atoms with Crippen molar-refractivity contribution in [3.8, 4) is 6.07 Å². The van der Waals surface area contributed by atoms with Gasteiger partial charge in [0.1, 0.15) is 6.07 Å². The summed E-state index contributed by atoms with van der Waals surface area (Å²) in [5, 5.41) is 12.7. The minimum Gasteiger partial charge on any atom is -0.383 e. The highest BCUT2D eigenvalue weighted by molar-refractivity contribution is 9.10. The zero-order chi connectivity index (χ0) is 13.7. The first-order valence-electron chi connectivity index (χ1n) is 6.68. The molecule has 1 aromatic carbocycles. The summed E-state index contributed by atoms with van der Waals surface area (Å²) in [6.07, 6.45) is 8.77. The van der Waals surface area contributed by atoms with Crippen molar-refractivity contribution in [1.29, 1.82) is 5.26 Å². The second kappa shape index (κ2) is 6.67. The number of thioether (sulfide) groups is 1. The van der Waals surface area contributed by atoms with Gasteiger partial charge in [0.05, 0.1) is 11.3 Å². The summed E-state index contributed by atoms with van der Waals surface area (Å²) in [5.74, 6) is 0. The normalized spacial score (nSPS) is 17.7. The lowest BCUT2D eigenvalue weighted by Gasteiger charge is -2.36. The van der Waals surface area contributed by atoms with Gasteiger partial charge in [-0.3, -0.25) is 0 Å². The highest BCUT2D eigenvalue weighted by Crippen LogP contribution is 2.39. The van der Waals surface area contributed by atoms with E-state index in [1.165, 1.54) is 32.1 Å². The fraction of sp³-hybridized carbons (Fsp3) is 0.533. The summed E-state index contributed by atoms with van der Waals surface area (Å²) < 4.78 is 1.20. The molecule has 4 heteroatoms. The maximum atomic E-state index is 9.23. The Kier molecular flexibility index (Phi) is 5.18. The second-order valence-electron chi connectivity index (χ2n) is 5.08. The molecule has 0 bridgehead atoms. The number of nitrogens with zero attached hydrogens (tertiary/aromatic N) is 1. The number of benzene rings is 1. The molecular formula is C15H19BrN2S. The van der Waals surface area contributed by atoms with Gasteiger partial charge in [-0.15, -0.1) is 0 Å². The molecule has 0 aliphatic heterocycles. The van der Waals surface area contributed by atoms with Crippen LogP contribution in [-0.2, 0) is 0 Å². The van der Waals surface area contributed by atoms with Gasteiger partial charge in [0, 0.05) is 15.8 Å². The van der Waals surface area contributed by atoms with Crippen molar-refractivity contribution < 1.29 is 0 Å². The van der Waals surface area contributed by atoms with Crippen LogP contribution in [0.1, 0.15) is 37.7 Å². The summed E-state index contributed by atoms with van der Waals surface area (Å²) in [6, 6.07) is 8.14. The van der Waals surface area contributed by atoms with Gasteiger partial charge in [0.25, 0.3) is 0 Å². The van der Waals surface area contributed by atoms with Crippen LogP contribution in [0.2, 0.25) is 0 Å². The topological polar surface area (TPSA) is 35.8 Å². The Balaban J connectivity index is 2.10. The van der Waals surface area contributed by atoms with Crippen LogP contribution in [0.5, 0.6) is 0 Å². The maximum Gasteiger partial charge on any atom is 0.103 e. The molecule has 2 rings (SSSR count). The van der Waals surface area contributed by atoms with Crippen LogP contribution >= 0.6 is 27.7 Å². The molecule has 102 valence electrons. The summed E-state index contributed by atoms with van der Waals surface area (Å²) >= 11 is 5.41. The third-order valence-corrected chi connectivity index (χ3v) is 6.00. The first-order chi connectivity index (χ1) is 9.21. The van der Waals surface area contributed by atoms with Crippen LogP contribution in [0.25, 0.3) is 0 Å². The van der Waals surface area contributed by atoms with Gasteiger partial charge in [-0.05, 0) is 47.2 Å². The minimum absolute atomic E-state index is 0.341. The van der Waals surface area contributed by atoms with Gasteiger partial charge >= 0.3 is 0 Å².